The van der Waals surface area contributed by atoms with Crippen LogP contribution >= 0.6 is 31.1 Å². The highest BCUT2D eigenvalue weighted by atomic mass is 127. The van der Waals surface area contributed by atoms with Crippen LogP contribution in [0, 0.1) is 3.57 Å². The summed E-state index contributed by atoms with van der Waals surface area (Å²) >= 11 is 1.93. The van der Waals surface area contributed by atoms with Crippen LogP contribution < -0.4 is 16.9 Å². The molecule has 1 aromatic rings. The molecule has 0 aromatic carbocycles. The summed E-state index contributed by atoms with van der Waals surface area (Å²) < 4.78 is 17.5. The van der Waals surface area contributed by atoms with E-state index in [0.717, 1.165) is 0 Å². The molecule has 0 radical (unpaired) electrons. The lowest BCUT2D eigenvalue weighted by Gasteiger charge is -2.20. The number of hydrogen-bond donors (Lipinski definition) is 4. The Morgan fingerprint density at radius 3 is 2.91 bits per heavy atom. The number of nitrogen functional groups attached to an aromatic ring is 1. The average Bonchev–Trinajstić information content (AvgIpc) is 2.76. The highest BCUT2D eigenvalue weighted by molar-refractivity contribution is 14.1. The first-order chi connectivity index (χ1) is 10.3. The van der Waals surface area contributed by atoms with Gasteiger partial charge in [-0.1, -0.05) is 0 Å². The van der Waals surface area contributed by atoms with Gasteiger partial charge in [0, 0.05) is 13.3 Å². The molecular formula is C10H16IN4O6P. The zero-order chi connectivity index (χ0) is 16.4. The molecule has 1 aliphatic heterocycles. The van der Waals surface area contributed by atoms with E-state index in [1.807, 2.05) is 22.6 Å². The summed E-state index contributed by atoms with van der Waals surface area (Å²) in [6, 6.07) is 0. The van der Waals surface area contributed by atoms with Crippen LogP contribution in [-0.4, -0.2) is 51.6 Å². The SMILES string of the molecule is CO[C@@H]1[C@H](O)[C@@H](COP(N)O)O[C@H]1n1cc(I)c(N)nc1=O. The van der Waals surface area contributed by atoms with E-state index in [9.17, 15) is 9.90 Å². The van der Waals surface area contributed by atoms with Gasteiger partial charge in [-0.25, -0.2) is 4.79 Å². The molecule has 6 N–H and O–H groups in total. The summed E-state index contributed by atoms with van der Waals surface area (Å²) in [5, 5.41) is 10.2. The van der Waals surface area contributed by atoms with Crippen LogP contribution in [0.25, 0.3) is 0 Å². The number of aromatic nitrogens is 2. The van der Waals surface area contributed by atoms with Gasteiger partial charge in [-0.2, -0.15) is 4.98 Å². The first-order valence-electron chi connectivity index (χ1n) is 6.12. The maximum atomic E-state index is 12.0. The van der Waals surface area contributed by atoms with E-state index >= 15 is 0 Å². The Labute approximate surface area is 140 Å². The van der Waals surface area contributed by atoms with Crippen molar-refractivity contribution in [3.63, 3.8) is 0 Å². The van der Waals surface area contributed by atoms with Crippen molar-refractivity contribution in [1.82, 2.24) is 9.55 Å². The second-order valence-corrected chi connectivity index (χ2v) is 6.54. The molecule has 1 fully saturated rings. The van der Waals surface area contributed by atoms with E-state index in [1.54, 1.807) is 0 Å². The fourth-order valence-corrected chi connectivity index (χ4v) is 2.84. The fraction of sp³-hybridized carbons (Fsp3) is 0.600. The van der Waals surface area contributed by atoms with Gasteiger partial charge in [0.1, 0.15) is 24.1 Å². The molecule has 10 nitrogen and oxygen atoms in total. The number of aliphatic hydroxyl groups excluding tert-OH is 1. The Balaban J connectivity index is 2.26. The normalized spacial score (nSPS) is 29.7. The zero-order valence-corrected chi connectivity index (χ0v) is 14.5. The van der Waals surface area contributed by atoms with Gasteiger partial charge >= 0.3 is 5.69 Å². The lowest BCUT2D eigenvalue weighted by molar-refractivity contribution is -0.0602. The molecule has 12 heteroatoms. The van der Waals surface area contributed by atoms with Crippen LogP contribution in [0.2, 0.25) is 0 Å². The van der Waals surface area contributed by atoms with Gasteiger partial charge in [0.2, 0.25) is 8.53 Å². The maximum Gasteiger partial charge on any atom is 0.351 e. The average molecular weight is 446 g/mol. The highest BCUT2D eigenvalue weighted by Gasteiger charge is 2.45. The van der Waals surface area contributed by atoms with E-state index in [-0.39, 0.29) is 12.4 Å². The zero-order valence-electron chi connectivity index (χ0n) is 11.5. The predicted octanol–water partition coefficient (Wildman–Crippen LogP) is -1.10. The summed E-state index contributed by atoms with van der Waals surface area (Å²) in [5.74, 6) is 0.114. The minimum Gasteiger partial charge on any atom is -0.387 e. The minimum absolute atomic E-state index is 0.114. The number of ether oxygens (including phenoxy) is 2. The van der Waals surface area contributed by atoms with Crippen molar-refractivity contribution in [3.05, 3.63) is 20.3 Å². The Bertz CT molecular complexity index is 587. The Hall–Kier alpha value is -0.400. The van der Waals surface area contributed by atoms with Gasteiger partial charge in [-0.3, -0.25) is 10.1 Å². The van der Waals surface area contributed by atoms with E-state index in [2.05, 4.69) is 4.98 Å². The number of anilines is 1. The molecule has 22 heavy (non-hydrogen) atoms. The summed E-state index contributed by atoms with van der Waals surface area (Å²) in [7, 11) is -0.684. The lowest BCUT2D eigenvalue weighted by Crippen LogP contribution is -2.37. The number of hydrogen-bond acceptors (Lipinski definition) is 9. The van der Waals surface area contributed by atoms with Crippen LogP contribution in [0.3, 0.4) is 0 Å². The lowest BCUT2D eigenvalue weighted by atomic mass is 10.1. The number of nitrogens with zero attached hydrogens (tertiary/aromatic N) is 2. The summed E-state index contributed by atoms with van der Waals surface area (Å²) in [6.07, 6.45) is -2.11. The highest BCUT2D eigenvalue weighted by Crippen LogP contribution is 2.33. The molecule has 2 rings (SSSR count). The molecule has 1 unspecified atom stereocenters. The standard InChI is InChI=1S/C10H16IN4O6P/c1-19-7-6(16)5(3-20-22(13)18)21-9(7)15-2-4(11)8(12)14-10(15)17/h2,5-7,9,16,18H,3,13H2,1H3,(H2,12,14,17)/t5-,6-,7-,9-,22?/m1/s1. The van der Waals surface area contributed by atoms with Crippen LogP contribution in [-0.2, 0) is 14.0 Å². The fourth-order valence-electron chi connectivity index (χ4n) is 2.12. The van der Waals surface area contributed by atoms with Crippen molar-refractivity contribution < 1.29 is 24.0 Å². The van der Waals surface area contributed by atoms with Crippen molar-refractivity contribution in [2.45, 2.75) is 24.5 Å². The van der Waals surface area contributed by atoms with Gasteiger partial charge in [0.05, 0.1) is 10.2 Å². The quantitative estimate of drug-likeness (QED) is 0.326. The topological polar surface area (TPSA) is 155 Å². The molecule has 0 saturated carbocycles. The van der Waals surface area contributed by atoms with Crippen molar-refractivity contribution >= 4 is 36.9 Å². The van der Waals surface area contributed by atoms with Crippen LogP contribution in [0.15, 0.2) is 11.0 Å². The van der Waals surface area contributed by atoms with E-state index in [0.29, 0.717) is 3.57 Å². The molecule has 0 bridgehead atoms. The van der Waals surface area contributed by atoms with Gasteiger partial charge < -0.3 is 29.7 Å². The van der Waals surface area contributed by atoms with Gasteiger partial charge in [-0.15, -0.1) is 0 Å². The minimum atomic E-state index is -2.07. The first-order valence-corrected chi connectivity index (χ1v) is 8.48. The molecule has 1 aliphatic rings. The molecule has 0 aliphatic carbocycles. The van der Waals surface area contributed by atoms with E-state index in [4.69, 9.17) is 30.1 Å². The second kappa shape index (κ2) is 7.45. The van der Waals surface area contributed by atoms with Crippen molar-refractivity contribution in [2.24, 2.45) is 5.50 Å². The number of halogens is 1. The van der Waals surface area contributed by atoms with Crippen LogP contribution in [0.1, 0.15) is 6.23 Å². The van der Waals surface area contributed by atoms with Gasteiger partial charge in [0.25, 0.3) is 0 Å². The number of methoxy groups -OCH3 is 1. The Morgan fingerprint density at radius 1 is 1.64 bits per heavy atom. The van der Waals surface area contributed by atoms with Crippen molar-refractivity contribution in [3.8, 4) is 0 Å². The molecule has 0 amide bonds. The smallest absolute Gasteiger partial charge is 0.351 e. The van der Waals surface area contributed by atoms with Crippen LogP contribution in [0.5, 0.6) is 0 Å². The molecule has 0 spiro atoms. The maximum absolute atomic E-state index is 12.0. The number of aliphatic hydroxyl groups is 1. The predicted molar refractivity (Wildman–Crippen MR) is 85.6 cm³/mol. The monoisotopic (exact) mass is 446 g/mol. The van der Waals surface area contributed by atoms with E-state index < -0.39 is 38.8 Å². The largest absolute Gasteiger partial charge is 0.387 e. The molecule has 124 valence electrons. The van der Waals surface area contributed by atoms with Crippen LogP contribution in [0.4, 0.5) is 5.82 Å². The van der Waals surface area contributed by atoms with Crippen molar-refractivity contribution in [2.75, 3.05) is 19.5 Å². The number of rotatable bonds is 5. The number of nitrogens with two attached hydrogens (primary N) is 2. The third-order valence-corrected chi connectivity index (χ3v) is 4.41. The van der Waals surface area contributed by atoms with Gasteiger partial charge in [0.15, 0.2) is 6.23 Å². The third kappa shape index (κ3) is 3.74. The molecular weight excluding hydrogens is 430 g/mol. The summed E-state index contributed by atoms with van der Waals surface area (Å²) in [6.45, 7) is -0.134. The molecule has 5 atom stereocenters. The van der Waals surface area contributed by atoms with Crippen molar-refractivity contribution in [1.29, 1.82) is 0 Å². The molecule has 2 heterocycles. The second-order valence-electron chi connectivity index (χ2n) is 4.52. The molecule has 1 aromatic heterocycles. The Morgan fingerprint density at radius 2 is 2.32 bits per heavy atom. The Kier molecular flexibility index (Phi) is 6.07. The van der Waals surface area contributed by atoms with E-state index in [1.165, 1.54) is 17.9 Å². The van der Waals surface area contributed by atoms with Gasteiger partial charge in [-0.05, 0) is 22.6 Å². The molecule has 1 saturated heterocycles. The first kappa shape index (κ1) is 17.9. The summed E-state index contributed by atoms with van der Waals surface area (Å²) in [4.78, 5) is 24.7. The third-order valence-electron chi connectivity index (χ3n) is 3.16. The summed E-state index contributed by atoms with van der Waals surface area (Å²) in [5.41, 5.74) is 10.1.